The van der Waals surface area contributed by atoms with E-state index in [9.17, 15) is 23.6 Å². The van der Waals surface area contributed by atoms with Crippen LogP contribution in [0.4, 0.5) is 14.9 Å². The summed E-state index contributed by atoms with van der Waals surface area (Å²) >= 11 is 0. The Morgan fingerprint density at radius 3 is 2.59 bits per heavy atom. The predicted octanol–water partition coefficient (Wildman–Crippen LogP) is 3.13. The molecule has 0 saturated heterocycles. The zero-order valence-corrected chi connectivity index (χ0v) is 24.3. The number of imidazole rings is 1. The van der Waals surface area contributed by atoms with E-state index in [1.54, 1.807) is 27.1 Å². The first-order valence-corrected chi connectivity index (χ1v) is 13.5. The molecule has 13 heteroatoms. The normalized spacial score (nSPS) is 11.9. The Bertz CT molecular complexity index is 1460. The van der Waals surface area contributed by atoms with Crippen LogP contribution in [0, 0.1) is 18.7 Å². The fourth-order valence-corrected chi connectivity index (χ4v) is 4.36. The van der Waals surface area contributed by atoms with Gasteiger partial charge in [-0.2, -0.15) is 0 Å². The third-order valence-corrected chi connectivity index (χ3v) is 6.62. The third kappa shape index (κ3) is 8.12. The number of hydrogen-bond donors (Lipinski definition) is 3. The number of nitrogens with zero attached hydrogens (tertiary/aromatic N) is 4. The number of carbonyl (C=O) groups excluding carboxylic acids is 3. The maximum atomic E-state index is 14.5. The molecule has 0 spiro atoms. The molecule has 222 valence electrons. The van der Waals surface area contributed by atoms with Crippen molar-refractivity contribution in [2.24, 2.45) is 5.92 Å². The Morgan fingerprint density at radius 1 is 1.20 bits per heavy atom. The number of anilines is 1. The van der Waals surface area contributed by atoms with Gasteiger partial charge >= 0.3 is 6.09 Å². The molecule has 0 bridgehead atoms. The van der Waals surface area contributed by atoms with Crippen molar-refractivity contribution in [1.29, 1.82) is 0 Å². The van der Waals surface area contributed by atoms with Gasteiger partial charge in [-0.15, -0.1) is 0 Å². The van der Waals surface area contributed by atoms with Crippen LogP contribution in [0.5, 0.6) is 0 Å². The van der Waals surface area contributed by atoms with Gasteiger partial charge in [-0.3, -0.25) is 14.4 Å². The van der Waals surface area contributed by atoms with E-state index in [0.717, 1.165) is 6.20 Å². The molecule has 3 heterocycles. The highest BCUT2D eigenvalue weighted by Crippen LogP contribution is 2.21. The summed E-state index contributed by atoms with van der Waals surface area (Å²) in [5, 5.41) is 5.11. The molecule has 0 unspecified atom stereocenters. The van der Waals surface area contributed by atoms with Crippen LogP contribution in [-0.4, -0.2) is 69.6 Å². The topological polar surface area (TPSA) is 151 Å². The molecule has 3 rings (SSSR count). The minimum Gasteiger partial charge on any atom is -0.453 e. The van der Waals surface area contributed by atoms with Crippen LogP contribution < -0.4 is 16.2 Å². The zero-order valence-electron chi connectivity index (χ0n) is 24.3. The van der Waals surface area contributed by atoms with Gasteiger partial charge in [0.25, 0.3) is 5.56 Å². The van der Waals surface area contributed by atoms with Crippen molar-refractivity contribution in [2.75, 3.05) is 26.5 Å². The summed E-state index contributed by atoms with van der Waals surface area (Å²) < 4.78 is 20.6. The van der Waals surface area contributed by atoms with Gasteiger partial charge in [0.05, 0.1) is 25.4 Å². The highest BCUT2D eigenvalue weighted by atomic mass is 19.1. The van der Waals surface area contributed by atoms with Crippen LogP contribution in [0.1, 0.15) is 56.6 Å². The van der Waals surface area contributed by atoms with Gasteiger partial charge in [0, 0.05) is 31.8 Å². The SMILES string of the molecule is COC(=O)N[C@@H](CCCCC(=O)N(C)C)C(=O)Nc1ccc(C)n(Cc2nc3ncc(F)c(CC(C)C)c3[nH]2)c1=O. The van der Waals surface area contributed by atoms with Crippen LogP contribution in [0.3, 0.4) is 0 Å². The first-order valence-electron chi connectivity index (χ1n) is 13.5. The predicted molar refractivity (Wildman–Crippen MR) is 152 cm³/mol. The molecule has 0 aliphatic carbocycles. The first kappa shape index (κ1) is 31.2. The Kier molecular flexibility index (Phi) is 10.6. The van der Waals surface area contributed by atoms with Crippen molar-refractivity contribution >= 4 is 34.8 Å². The van der Waals surface area contributed by atoms with E-state index in [0.29, 0.717) is 53.9 Å². The quantitative estimate of drug-likeness (QED) is 0.283. The summed E-state index contributed by atoms with van der Waals surface area (Å²) in [6, 6.07) is 2.19. The van der Waals surface area contributed by atoms with E-state index in [1.807, 2.05) is 13.8 Å². The molecule has 0 aliphatic rings. The number of nitrogens with one attached hydrogen (secondary N) is 3. The lowest BCUT2D eigenvalue weighted by molar-refractivity contribution is -0.128. The largest absolute Gasteiger partial charge is 0.453 e. The number of halogens is 1. The average molecular weight is 572 g/mol. The van der Waals surface area contributed by atoms with Gasteiger partial charge in [0.1, 0.15) is 23.4 Å². The van der Waals surface area contributed by atoms with Gasteiger partial charge in [-0.25, -0.2) is 19.2 Å². The highest BCUT2D eigenvalue weighted by Gasteiger charge is 2.23. The summed E-state index contributed by atoms with van der Waals surface area (Å²) in [6.07, 6.45) is 2.42. The molecule has 3 N–H and O–H groups in total. The molecule has 0 aliphatic heterocycles. The molecule has 0 aromatic carbocycles. The highest BCUT2D eigenvalue weighted by molar-refractivity contribution is 5.96. The number of alkyl carbamates (subject to hydrolysis) is 1. The fraction of sp³-hybridized carbons (Fsp3) is 0.500. The van der Waals surface area contributed by atoms with Crippen LogP contribution in [0.2, 0.25) is 0 Å². The van der Waals surface area contributed by atoms with E-state index >= 15 is 0 Å². The number of carbonyl (C=O) groups is 3. The number of H-pyrrole nitrogens is 1. The van der Waals surface area contributed by atoms with Crippen LogP contribution in [0.25, 0.3) is 11.2 Å². The van der Waals surface area contributed by atoms with E-state index in [1.165, 1.54) is 22.6 Å². The molecular formula is C28H38FN7O5. The zero-order chi connectivity index (χ0) is 30.3. The molecular weight excluding hydrogens is 533 g/mol. The van der Waals surface area contributed by atoms with Gasteiger partial charge in [-0.1, -0.05) is 20.3 Å². The molecule has 0 fully saturated rings. The Morgan fingerprint density at radius 2 is 1.93 bits per heavy atom. The number of aromatic nitrogens is 4. The fourth-order valence-electron chi connectivity index (χ4n) is 4.36. The molecule has 3 aromatic rings. The second-order valence-corrected chi connectivity index (χ2v) is 10.6. The molecule has 12 nitrogen and oxygen atoms in total. The minimum absolute atomic E-state index is 0.0147. The van der Waals surface area contributed by atoms with Gasteiger partial charge in [-0.05, 0) is 44.2 Å². The van der Waals surface area contributed by atoms with E-state index in [4.69, 9.17) is 0 Å². The number of methoxy groups -OCH3 is 1. The van der Waals surface area contributed by atoms with Crippen molar-refractivity contribution < 1.29 is 23.5 Å². The number of pyridine rings is 2. The van der Waals surface area contributed by atoms with E-state index < -0.39 is 29.4 Å². The molecule has 0 saturated carbocycles. The number of unbranched alkanes of at least 4 members (excludes halogenated alkanes) is 1. The lowest BCUT2D eigenvalue weighted by Crippen LogP contribution is -2.44. The molecule has 1 atom stereocenters. The second-order valence-electron chi connectivity index (χ2n) is 10.6. The lowest BCUT2D eigenvalue weighted by Gasteiger charge is -2.18. The van der Waals surface area contributed by atoms with Crippen LogP contribution in [0.15, 0.2) is 23.1 Å². The van der Waals surface area contributed by atoms with Gasteiger partial charge in [0.15, 0.2) is 5.65 Å². The molecule has 41 heavy (non-hydrogen) atoms. The van der Waals surface area contributed by atoms with Crippen molar-refractivity contribution in [3.63, 3.8) is 0 Å². The summed E-state index contributed by atoms with van der Waals surface area (Å²) in [5.74, 6) is -0.421. The Labute approximate surface area is 237 Å². The Balaban J connectivity index is 1.80. The van der Waals surface area contributed by atoms with Crippen LogP contribution >= 0.6 is 0 Å². The molecule has 3 aromatic heterocycles. The number of aryl methyl sites for hydroxylation is 1. The minimum atomic E-state index is -0.984. The molecule has 0 radical (unpaired) electrons. The van der Waals surface area contributed by atoms with Gasteiger partial charge < -0.3 is 29.8 Å². The third-order valence-electron chi connectivity index (χ3n) is 6.62. The maximum absolute atomic E-state index is 14.5. The maximum Gasteiger partial charge on any atom is 0.407 e. The average Bonchev–Trinajstić information content (AvgIpc) is 3.34. The summed E-state index contributed by atoms with van der Waals surface area (Å²) in [7, 11) is 4.52. The molecule has 3 amide bonds. The van der Waals surface area contributed by atoms with Gasteiger partial charge in [0.2, 0.25) is 11.8 Å². The lowest BCUT2D eigenvalue weighted by atomic mass is 10.0. The number of fused-ring (bicyclic) bond motifs is 1. The number of hydrogen-bond acceptors (Lipinski definition) is 7. The van der Waals surface area contributed by atoms with Crippen molar-refractivity contribution in [3.05, 3.63) is 51.6 Å². The standard InChI is InChI=1S/C28H38FN7O5/c1-16(2)13-18-19(29)14-30-25-24(18)33-22(34-25)15-36-17(3)11-12-21(27(36)39)31-26(38)20(32-28(40)41-6)9-7-8-10-23(37)35(4)5/h11-12,14,16,20H,7-10,13,15H2,1-6H3,(H,31,38)(H,32,40)(H,30,33,34)/t20-/m0/s1. The summed E-state index contributed by atoms with van der Waals surface area (Å²) in [6.45, 7) is 5.76. The number of amides is 3. The Hall–Kier alpha value is -4.29. The monoisotopic (exact) mass is 571 g/mol. The first-order chi connectivity index (χ1) is 19.4. The summed E-state index contributed by atoms with van der Waals surface area (Å²) in [4.78, 5) is 63.4. The number of rotatable bonds is 12. The van der Waals surface area contributed by atoms with E-state index in [-0.39, 0.29) is 30.5 Å². The van der Waals surface area contributed by atoms with Crippen molar-refractivity contribution in [2.45, 2.75) is 65.5 Å². The van der Waals surface area contributed by atoms with Crippen molar-refractivity contribution in [3.8, 4) is 0 Å². The second kappa shape index (κ2) is 13.9. The number of ether oxygens (including phenoxy) is 1. The smallest absolute Gasteiger partial charge is 0.407 e. The van der Waals surface area contributed by atoms with Crippen LogP contribution in [-0.2, 0) is 27.3 Å². The van der Waals surface area contributed by atoms with E-state index in [2.05, 4.69) is 30.3 Å². The van der Waals surface area contributed by atoms with Crippen molar-refractivity contribution in [1.82, 2.24) is 29.7 Å². The summed E-state index contributed by atoms with van der Waals surface area (Å²) in [5.41, 5.74) is 1.49. The number of aromatic amines is 1.